The molecule has 0 aromatic carbocycles. The van der Waals surface area contributed by atoms with Crippen molar-refractivity contribution in [1.29, 1.82) is 0 Å². The minimum atomic E-state index is -0.370. The average molecular weight is 362 g/mol. The fraction of sp³-hybridized carbons (Fsp3) is 0.562. The number of carbonyl (C=O) groups excluding carboxylic acids is 2. The Bertz CT molecular complexity index is 871. The van der Waals surface area contributed by atoms with E-state index < -0.39 is 0 Å². The topological polar surface area (TPSA) is 136 Å². The third kappa shape index (κ3) is 3.53. The smallest absolute Gasteiger partial charge is 0.327 e. The van der Waals surface area contributed by atoms with Crippen molar-refractivity contribution >= 4 is 28.8 Å². The van der Waals surface area contributed by atoms with Crippen LogP contribution in [0.2, 0.25) is 0 Å². The molecule has 1 saturated heterocycles. The first kappa shape index (κ1) is 17.9. The van der Waals surface area contributed by atoms with E-state index in [-0.39, 0.29) is 48.7 Å². The number of nitrogens with one attached hydrogen (secondary N) is 1. The molecule has 3 N–H and O–H groups in total. The molecule has 140 valence electrons. The zero-order chi connectivity index (χ0) is 18.7. The fourth-order valence-electron chi connectivity index (χ4n) is 2.87. The Balaban J connectivity index is 1.76. The van der Waals surface area contributed by atoms with Crippen LogP contribution in [-0.2, 0) is 16.1 Å². The molecule has 2 aromatic heterocycles. The highest BCUT2D eigenvalue weighted by molar-refractivity contribution is 6.01. The standard InChI is InChI=1S/C16H22N6O4/c1-2-3-9-26-15-19-13(17)12-14(20-15)22(16(25)18-12)8-4-7-21-10(23)5-6-11(21)24/h2-9H2,1H3,(H,18,25)(H2,17,19,20). The fourth-order valence-corrected chi connectivity index (χ4v) is 2.87. The van der Waals surface area contributed by atoms with E-state index in [1.165, 1.54) is 9.47 Å². The average Bonchev–Trinajstić information content (AvgIpc) is 3.09. The van der Waals surface area contributed by atoms with Gasteiger partial charge in [-0.3, -0.25) is 19.1 Å². The van der Waals surface area contributed by atoms with Gasteiger partial charge in [0.15, 0.2) is 11.5 Å². The van der Waals surface area contributed by atoms with E-state index in [0.717, 1.165) is 12.8 Å². The number of unbranched alkanes of at least 4 members (excludes halogenated alkanes) is 1. The van der Waals surface area contributed by atoms with Gasteiger partial charge in [0, 0.05) is 25.9 Å². The third-order valence-corrected chi connectivity index (χ3v) is 4.28. The SMILES string of the molecule is CCCCOc1nc(N)c2[nH]c(=O)n(CCCN3C(=O)CCC3=O)c2n1. The Morgan fingerprint density at radius 2 is 1.85 bits per heavy atom. The molecular formula is C16H22N6O4. The van der Waals surface area contributed by atoms with E-state index in [4.69, 9.17) is 10.5 Å². The summed E-state index contributed by atoms with van der Waals surface area (Å²) in [6, 6.07) is 0.126. The van der Waals surface area contributed by atoms with E-state index in [0.29, 0.717) is 30.7 Å². The number of rotatable bonds is 8. The van der Waals surface area contributed by atoms with Crippen LogP contribution in [0.4, 0.5) is 5.82 Å². The molecule has 0 spiro atoms. The van der Waals surface area contributed by atoms with Gasteiger partial charge >= 0.3 is 11.7 Å². The maximum atomic E-state index is 12.2. The molecule has 2 amide bonds. The Morgan fingerprint density at radius 3 is 2.54 bits per heavy atom. The number of imide groups is 1. The highest BCUT2D eigenvalue weighted by atomic mass is 16.5. The maximum Gasteiger partial charge on any atom is 0.327 e. The van der Waals surface area contributed by atoms with Crippen molar-refractivity contribution in [3.63, 3.8) is 0 Å². The number of nitrogen functional groups attached to an aromatic ring is 1. The van der Waals surface area contributed by atoms with Gasteiger partial charge in [-0.25, -0.2) is 4.79 Å². The van der Waals surface area contributed by atoms with Crippen LogP contribution in [0.1, 0.15) is 39.0 Å². The predicted molar refractivity (Wildman–Crippen MR) is 93.5 cm³/mol. The lowest BCUT2D eigenvalue weighted by Crippen LogP contribution is -2.31. The third-order valence-electron chi connectivity index (χ3n) is 4.28. The lowest BCUT2D eigenvalue weighted by molar-refractivity contribution is -0.138. The molecule has 0 aliphatic carbocycles. The molecule has 26 heavy (non-hydrogen) atoms. The summed E-state index contributed by atoms with van der Waals surface area (Å²) < 4.78 is 6.91. The van der Waals surface area contributed by atoms with Crippen LogP contribution in [-0.4, -0.2) is 49.4 Å². The number of fused-ring (bicyclic) bond motifs is 1. The Kier molecular flexibility index (Phi) is 5.19. The number of hydrogen-bond donors (Lipinski definition) is 2. The van der Waals surface area contributed by atoms with Gasteiger partial charge in [0.1, 0.15) is 5.52 Å². The van der Waals surface area contributed by atoms with E-state index in [1.807, 2.05) is 6.92 Å². The van der Waals surface area contributed by atoms with Crippen molar-refractivity contribution in [1.82, 2.24) is 24.4 Å². The van der Waals surface area contributed by atoms with E-state index >= 15 is 0 Å². The van der Waals surface area contributed by atoms with E-state index in [2.05, 4.69) is 15.0 Å². The summed E-state index contributed by atoms with van der Waals surface area (Å²) >= 11 is 0. The number of aromatic nitrogens is 4. The molecule has 0 bridgehead atoms. The lowest BCUT2D eigenvalue weighted by atomic mass is 10.3. The molecule has 0 radical (unpaired) electrons. The van der Waals surface area contributed by atoms with Crippen molar-refractivity contribution < 1.29 is 14.3 Å². The van der Waals surface area contributed by atoms with E-state index in [9.17, 15) is 14.4 Å². The number of amides is 2. The number of likely N-dealkylation sites (tertiary alicyclic amines) is 1. The van der Waals surface area contributed by atoms with Crippen LogP contribution in [0.5, 0.6) is 6.01 Å². The zero-order valence-electron chi connectivity index (χ0n) is 14.7. The molecule has 10 heteroatoms. The summed E-state index contributed by atoms with van der Waals surface area (Å²) in [4.78, 5) is 47.7. The second-order valence-electron chi connectivity index (χ2n) is 6.17. The number of nitrogens with zero attached hydrogens (tertiary/aromatic N) is 4. The van der Waals surface area contributed by atoms with Gasteiger partial charge in [-0.1, -0.05) is 13.3 Å². The lowest BCUT2D eigenvalue weighted by Gasteiger charge is -2.13. The summed E-state index contributed by atoms with van der Waals surface area (Å²) in [7, 11) is 0. The summed E-state index contributed by atoms with van der Waals surface area (Å²) in [6.07, 6.45) is 2.79. The molecule has 10 nitrogen and oxygen atoms in total. The van der Waals surface area contributed by atoms with Crippen LogP contribution in [0.25, 0.3) is 11.2 Å². The number of ether oxygens (including phenoxy) is 1. The molecule has 3 rings (SSSR count). The Labute approximate surface area is 149 Å². The number of H-pyrrole nitrogens is 1. The van der Waals surface area contributed by atoms with Crippen molar-refractivity contribution in [2.75, 3.05) is 18.9 Å². The highest BCUT2D eigenvalue weighted by Crippen LogP contribution is 2.18. The Morgan fingerprint density at radius 1 is 1.12 bits per heavy atom. The van der Waals surface area contributed by atoms with Gasteiger partial charge in [-0.2, -0.15) is 9.97 Å². The molecule has 3 heterocycles. The van der Waals surface area contributed by atoms with Gasteiger partial charge in [0.2, 0.25) is 11.8 Å². The monoisotopic (exact) mass is 362 g/mol. The Hall–Kier alpha value is -2.91. The van der Waals surface area contributed by atoms with Crippen LogP contribution in [0.3, 0.4) is 0 Å². The molecule has 2 aromatic rings. The molecule has 0 saturated carbocycles. The van der Waals surface area contributed by atoms with Crippen LogP contribution < -0.4 is 16.2 Å². The number of nitrogens with two attached hydrogens (primary N) is 1. The van der Waals surface area contributed by atoms with Crippen molar-refractivity contribution in [2.24, 2.45) is 0 Å². The largest absolute Gasteiger partial charge is 0.463 e. The number of aryl methyl sites for hydroxylation is 1. The first-order chi connectivity index (χ1) is 12.5. The quantitative estimate of drug-likeness (QED) is 0.513. The second-order valence-corrected chi connectivity index (χ2v) is 6.17. The number of anilines is 1. The normalized spacial score (nSPS) is 14.6. The van der Waals surface area contributed by atoms with Gasteiger partial charge in [-0.05, 0) is 12.8 Å². The van der Waals surface area contributed by atoms with Gasteiger partial charge in [0.25, 0.3) is 0 Å². The van der Waals surface area contributed by atoms with E-state index in [1.54, 1.807) is 0 Å². The maximum absolute atomic E-state index is 12.2. The first-order valence-electron chi connectivity index (χ1n) is 8.73. The minimum Gasteiger partial charge on any atom is -0.463 e. The van der Waals surface area contributed by atoms with Crippen molar-refractivity contribution in [3.05, 3.63) is 10.5 Å². The summed E-state index contributed by atoms with van der Waals surface area (Å²) in [5.41, 5.74) is 6.23. The number of carbonyl (C=O) groups is 2. The molecule has 1 aliphatic heterocycles. The summed E-state index contributed by atoms with van der Waals surface area (Å²) in [6.45, 7) is 3.08. The van der Waals surface area contributed by atoms with Crippen LogP contribution >= 0.6 is 0 Å². The number of imidazole rings is 1. The first-order valence-corrected chi connectivity index (χ1v) is 8.73. The van der Waals surface area contributed by atoms with Gasteiger partial charge in [0.05, 0.1) is 6.61 Å². The van der Waals surface area contributed by atoms with Crippen LogP contribution in [0, 0.1) is 0 Å². The molecule has 0 unspecified atom stereocenters. The highest BCUT2D eigenvalue weighted by Gasteiger charge is 2.28. The van der Waals surface area contributed by atoms with Crippen LogP contribution in [0.15, 0.2) is 4.79 Å². The molecule has 0 atom stereocenters. The second kappa shape index (κ2) is 7.54. The summed E-state index contributed by atoms with van der Waals surface area (Å²) in [5.74, 6) is -0.193. The van der Waals surface area contributed by atoms with Crippen molar-refractivity contribution in [2.45, 2.75) is 45.6 Å². The predicted octanol–water partition coefficient (Wildman–Crippen LogP) is 0.420. The molecule has 1 fully saturated rings. The van der Waals surface area contributed by atoms with Gasteiger partial charge in [-0.15, -0.1) is 0 Å². The molecule has 1 aliphatic rings. The minimum absolute atomic E-state index is 0.126. The van der Waals surface area contributed by atoms with Crippen molar-refractivity contribution in [3.8, 4) is 6.01 Å². The summed E-state index contributed by atoms with van der Waals surface area (Å²) in [5, 5.41) is 0. The van der Waals surface area contributed by atoms with Gasteiger partial charge < -0.3 is 15.5 Å². The molecular weight excluding hydrogens is 340 g/mol. The number of aromatic amines is 1. The zero-order valence-corrected chi connectivity index (χ0v) is 14.7. The number of hydrogen-bond acceptors (Lipinski definition) is 7.